The van der Waals surface area contributed by atoms with E-state index in [4.69, 9.17) is 0 Å². The van der Waals surface area contributed by atoms with Crippen LogP contribution in [0.2, 0.25) is 0 Å². The number of rotatable bonds is 15. The van der Waals surface area contributed by atoms with Crippen molar-refractivity contribution in [2.75, 3.05) is 0 Å². The number of unbranched alkanes of at least 4 members (excludes halogenated alkanes) is 11. The molecule has 0 amide bonds. The average Bonchev–Trinajstić information content (AvgIpc) is 2.40. The summed E-state index contributed by atoms with van der Waals surface area (Å²) in [6.07, 6.45) is 19.7. The first-order valence-corrected chi connectivity index (χ1v) is 9.34. The van der Waals surface area contributed by atoms with Crippen molar-refractivity contribution in [1.29, 1.82) is 0 Å². The van der Waals surface area contributed by atoms with E-state index in [0.29, 0.717) is 0 Å². The third-order valence-corrected chi connectivity index (χ3v) is 4.36. The molecule has 1 heteroatoms. The summed E-state index contributed by atoms with van der Waals surface area (Å²) in [4.78, 5) is 0. The number of hydrogen-bond donors (Lipinski definition) is 1. The van der Waals surface area contributed by atoms with Gasteiger partial charge in [0.25, 0.3) is 0 Å². The lowest BCUT2D eigenvalue weighted by molar-refractivity contribution is 0.0386. The molecule has 0 aromatic rings. The molecule has 0 aromatic carbocycles. The number of hydrogen-bond acceptors (Lipinski definition) is 1. The zero-order chi connectivity index (χ0) is 15.1. The highest BCUT2D eigenvalue weighted by atomic mass is 16.3. The molecule has 20 heavy (non-hydrogen) atoms. The van der Waals surface area contributed by atoms with E-state index in [9.17, 15) is 5.11 Å². The summed E-state index contributed by atoms with van der Waals surface area (Å²) in [6, 6.07) is 0. The van der Waals surface area contributed by atoms with Crippen LogP contribution in [0.3, 0.4) is 0 Å². The van der Waals surface area contributed by atoms with Crippen LogP contribution in [-0.2, 0) is 0 Å². The zero-order valence-corrected chi connectivity index (χ0v) is 14.6. The Morgan fingerprint density at radius 3 is 1.35 bits per heavy atom. The van der Waals surface area contributed by atoms with E-state index < -0.39 is 5.60 Å². The Morgan fingerprint density at radius 2 is 0.950 bits per heavy atom. The van der Waals surface area contributed by atoms with Crippen LogP contribution in [0.5, 0.6) is 0 Å². The Kier molecular flexibility index (Phi) is 13.9. The minimum atomic E-state index is -0.409. The second-order valence-corrected chi connectivity index (χ2v) is 6.89. The van der Waals surface area contributed by atoms with Gasteiger partial charge in [0.2, 0.25) is 0 Å². The van der Waals surface area contributed by atoms with Crippen molar-refractivity contribution in [2.45, 2.75) is 123 Å². The summed E-state index contributed by atoms with van der Waals surface area (Å²) < 4.78 is 0. The van der Waals surface area contributed by atoms with Gasteiger partial charge in [-0.05, 0) is 19.8 Å². The van der Waals surface area contributed by atoms with Crippen molar-refractivity contribution in [2.24, 2.45) is 0 Å². The third kappa shape index (κ3) is 14.4. The van der Waals surface area contributed by atoms with Crippen LogP contribution >= 0.6 is 0 Å². The SMILES string of the molecule is CCCCCCCCCCCCCCC(C)(O)CCC. The predicted octanol–water partition coefficient (Wildman–Crippen LogP) is 6.63. The van der Waals surface area contributed by atoms with Gasteiger partial charge in [-0.3, -0.25) is 0 Å². The molecule has 0 aromatic heterocycles. The maximum atomic E-state index is 10.1. The van der Waals surface area contributed by atoms with Gasteiger partial charge in [-0.15, -0.1) is 0 Å². The normalized spacial score (nSPS) is 14.4. The van der Waals surface area contributed by atoms with E-state index in [2.05, 4.69) is 13.8 Å². The van der Waals surface area contributed by atoms with Crippen molar-refractivity contribution in [3.05, 3.63) is 0 Å². The van der Waals surface area contributed by atoms with Gasteiger partial charge in [0, 0.05) is 0 Å². The Balaban J connectivity index is 3.13. The van der Waals surface area contributed by atoms with Crippen LogP contribution in [-0.4, -0.2) is 10.7 Å². The Hall–Kier alpha value is -0.0400. The molecular weight excluding hydrogens is 244 g/mol. The predicted molar refractivity (Wildman–Crippen MR) is 91.2 cm³/mol. The Bertz CT molecular complexity index is 186. The monoisotopic (exact) mass is 284 g/mol. The maximum absolute atomic E-state index is 10.1. The zero-order valence-electron chi connectivity index (χ0n) is 14.6. The van der Waals surface area contributed by atoms with E-state index in [-0.39, 0.29) is 0 Å². The minimum absolute atomic E-state index is 0.409. The molecule has 0 saturated heterocycles. The molecule has 1 nitrogen and oxygen atoms in total. The Morgan fingerprint density at radius 1 is 0.550 bits per heavy atom. The van der Waals surface area contributed by atoms with Gasteiger partial charge in [-0.1, -0.05) is 97.3 Å². The van der Waals surface area contributed by atoms with Gasteiger partial charge in [0.1, 0.15) is 0 Å². The summed E-state index contributed by atoms with van der Waals surface area (Å²) in [6.45, 7) is 6.42. The second-order valence-electron chi connectivity index (χ2n) is 6.89. The van der Waals surface area contributed by atoms with Gasteiger partial charge in [-0.2, -0.15) is 0 Å². The smallest absolute Gasteiger partial charge is 0.0619 e. The molecule has 0 aliphatic rings. The average molecular weight is 285 g/mol. The van der Waals surface area contributed by atoms with Crippen molar-refractivity contribution < 1.29 is 5.11 Å². The van der Waals surface area contributed by atoms with Crippen LogP contribution in [0.15, 0.2) is 0 Å². The first-order chi connectivity index (χ1) is 9.62. The molecule has 0 fully saturated rings. The molecule has 0 saturated carbocycles. The molecule has 0 rings (SSSR count). The van der Waals surface area contributed by atoms with Crippen LogP contribution < -0.4 is 0 Å². The summed E-state index contributed by atoms with van der Waals surface area (Å²) >= 11 is 0. The fourth-order valence-electron chi connectivity index (χ4n) is 3.01. The lowest BCUT2D eigenvalue weighted by atomic mass is 9.93. The largest absolute Gasteiger partial charge is 0.390 e. The van der Waals surface area contributed by atoms with E-state index in [1.165, 1.54) is 77.0 Å². The molecule has 0 aliphatic carbocycles. The fraction of sp³-hybridized carbons (Fsp3) is 1.00. The molecule has 0 heterocycles. The highest BCUT2D eigenvalue weighted by Gasteiger charge is 2.17. The maximum Gasteiger partial charge on any atom is 0.0619 e. The van der Waals surface area contributed by atoms with E-state index in [0.717, 1.165) is 19.3 Å². The van der Waals surface area contributed by atoms with E-state index >= 15 is 0 Å². The Labute approximate surface area is 128 Å². The van der Waals surface area contributed by atoms with Gasteiger partial charge in [0.05, 0.1) is 5.60 Å². The van der Waals surface area contributed by atoms with Crippen molar-refractivity contribution in [3.8, 4) is 0 Å². The van der Waals surface area contributed by atoms with Crippen LogP contribution in [0.4, 0.5) is 0 Å². The molecule has 0 radical (unpaired) electrons. The lowest BCUT2D eigenvalue weighted by Crippen LogP contribution is -2.23. The first-order valence-electron chi connectivity index (χ1n) is 9.34. The first kappa shape index (κ1) is 20.0. The summed E-state index contributed by atoms with van der Waals surface area (Å²) in [5.41, 5.74) is -0.409. The van der Waals surface area contributed by atoms with Gasteiger partial charge >= 0.3 is 0 Å². The third-order valence-electron chi connectivity index (χ3n) is 4.36. The van der Waals surface area contributed by atoms with Crippen LogP contribution in [0, 0.1) is 0 Å². The molecule has 1 atom stereocenters. The van der Waals surface area contributed by atoms with Crippen molar-refractivity contribution in [3.63, 3.8) is 0 Å². The molecular formula is C19H40O. The van der Waals surface area contributed by atoms with Gasteiger partial charge < -0.3 is 5.11 Å². The minimum Gasteiger partial charge on any atom is -0.390 e. The molecule has 1 N–H and O–H groups in total. The van der Waals surface area contributed by atoms with Crippen LogP contribution in [0.1, 0.15) is 117 Å². The number of aliphatic hydroxyl groups is 1. The van der Waals surface area contributed by atoms with Gasteiger partial charge in [-0.25, -0.2) is 0 Å². The van der Waals surface area contributed by atoms with Crippen LogP contribution in [0.25, 0.3) is 0 Å². The quantitative estimate of drug-likeness (QED) is 0.335. The van der Waals surface area contributed by atoms with E-state index in [1.54, 1.807) is 0 Å². The van der Waals surface area contributed by atoms with Gasteiger partial charge in [0.15, 0.2) is 0 Å². The summed E-state index contributed by atoms with van der Waals surface area (Å²) in [5, 5.41) is 10.1. The standard InChI is InChI=1S/C19H40O/c1-4-6-7-8-9-10-11-12-13-14-15-16-18-19(3,20)17-5-2/h20H,4-18H2,1-3H3. The van der Waals surface area contributed by atoms with Crippen molar-refractivity contribution >= 4 is 0 Å². The molecule has 0 aliphatic heterocycles. The molecule has 0 spiro atoms. The fourth-order valence-corrected chi connectivity index (χ4v) is 3.01. The lowest BCUT2D eigenvalue weighted by Gasteiger charge is -2.22. The highest BCUT2D eigenvalue weighted by Crippen LogP contribution is 2.20. The second kappa shape index (κ2) is 13.9. The highest BCUT2D eigenvalue weighted by molar-refractivity contribution is 4.71. The van der Waals surface area contributed by atoms with E-state index in [1.807, 2.05) is 6.92 Å². The molecule has 1 unspecified atom stereocenters. The van der Waals surface area contributed by atoms with Crippen molar-refractivity contribution in [1.82, 2.24) is 0 Å². The summed E-state index contributed by atoms with van der Waals surface area (Å²) in [5.74, 6) is 0. The molecule has 122 valence electrons. The summed E-state index contributed by atoms with van der Waals surface area (Å²) in [7, 11) is 0. The topological polar surface area (TPSA) is 20.2 Å². The molecule has 0 bridgehead atoms.